The maximum atomic E-state index is 14.0. The second-order valence-electron chi connectivity index (χ2n) is 7.87. The molecule has 3 aromatic carbocycles. The molecular formula is C24H19ClN2O5S. The van der Waals surface area contributed by atoms with Crippen LogP contribution in [0.25, 0.3) is 0 Å². The Bertz CT molecular complexity index is 1390. The predicted octanol–water partition coefficient (Wildman–Crippen LogP) is 3.51. The summed E-state index contributed by atoms with van der Waals surface area (Å²) < 4.78 is 32.3. The fourth-order valence-electron chi connectivity index (χ4n) is 4.60. The van der Waals surface area contributed by atoms with Crippen LogP contribution in [-0.2, 0) is 30.8 Å². The number of methoxy groups -OCH3 is 1. The first-order valence-electron chi connectivity index (χ1n) is 10.1. The van der Waals surface area contributed by atoms with Crippen LogP contribution < -0.4 is 14.5 Å². The third kappa shape index (κ3) is 3.05. The lowest BCUT2D eigenvalue weighted by Crippen LogP contribution is -2.54. The van der Waals surface area contributed by atoms with E-state index < -0.39 is 32.3 Å². The molecule has 2 aliphatic heterocycles. The lowest BCUT2D eigenvalue weighted by Gasteiger charge is -2.32. The molecule has 1 fully saturated rings. The number of carbonyl (C=O) groups is 2. The van der Waals surface area contributed by atoms with E-state index in [4.69, 9.17) is 16.3 Å². The van der Waals surface area contributed by atoms with Crippen LogP contribution in [0.4, 0.5) is 11.4 Å². The van der Waals surface area contributed by atoms with E-state index in [9.17, 15) is 18.0 Å². The normalized spacial score (nSPS) is 21.0. The van der Waals surface area contributed by atoms with E-state index >= 15 is 0 Å². The molecule has 0 bridgehead atoms. The van der Waals surface area contributed by atoms with Crippen LogP contribution in [0.3, 0.4) is 0 Å². The van der Waals surface area contributed by atoms with Gasteiger partial charge in [-0.05, 0) is 48.0 Å². The van der Waals surface area contributed by atoms with Crippen LogP contribution in [0.5, 0.6) is 5.75 Å². The molecule has 0 N–H and O–H groups in total. The van der Waals surface area contributed by atoms with E-state index in [2.05, 4.69) is 0 Å². The Labute approximate surface area is 196 Å². The second-order valence-corrected chi connectivity index (χ2v) is 10.4. The molecule has 5 rings (SSSR count). The molecule has 2 heterocycles. The van der Waals surface area contributed by atoms with Crippen molar-refractivity contribution >= 4 is 44.6 Å². The van der Waals surface area contributed by atoms with Crippen LogP contribution in [0.2, 0.25) is 5.02 Å². The van der Waals surface area contributed by atoms with Gasteiger partial charge in [0.05, 0.1) is 19.3 Å². The van der Waals surface area contributed by atoms with Crippen molar-refractivity contribution in [3.63, 3.8) is 0 Å². The van der Waals surface area contributed by atoms with Gasteiger partial charge in [0.2, 0.25) is 5.91 Å². The minimum atomic E-state index is -4.22. The number of ether oxygens (including phenoxy) is 1. The number of fused-ring (bicyclic) bond motifs is 2. The molecule has 9 heteroatoms. The number of hydrogen-bond donors (Lipinski definition) is 0. The number of rotatable bonds is 4. The lowest BCUT2D eigenvalue weighted by atomic mass is 10.0. The molecule has 3 aromatic rings. The Kier molecular flexibility index (Phi) is 4.95. The number of sulfone groups is 1. The number of halogens is 1. The highest BCUT2D eigenvalue weighted by Gasteiger charge is 2.69. The third-order valence-corrected chi connectivity index (χ3v) is 8.32. The maximum absolute atomic E-state index is 14.0. The summed E-state index contributed by atoms with van der Waals surface area (Å²) in [5.74, 6) is -1.56. The maximum Gasteiger partial charge on any atom is 0.274 e. The average Bonchev–Trinajstić information content (AvgIpc) is 3.17. The molecule has 7 nitrogen and oxygen atoms in total. The highest BCUT2D eigenvalue weighted by atomic mass is 35.5. The molecule has 2 amide bonds. The summed E-state index contributed by atoms with van der Waals surface area (Å²) in [5.41, 5.74) is 1.74. The van der Waals surface area contributed by atoms with E-state index in [1.165, 1.54) is 12.0 Å². The van der Waals surface area contributed by atoms with Gasteiger partial charge in [0.15, 0.2) is 9.84 Å². The minimum absolute atomic E-state index is 0.109. The van der Waals surface area contributed by atoms with Crippen LogP contribution in [0.15, 0.2) is 72.8 Å². The summed E-state index contributed by atoms with van der Waals surface area (Å²) in [7, 11) is -2.71. The van der Waals surface area contributed by atoms with Crippen LogP contribution in [0, 0.1) is 0 Å². The lowest BCUT2D eigenvalue weighted by molar-refractivity contribution is -0.123. The summed E-state index contributed by atoms with van der Waals surface area (Å²) in [6.07, 6.45) is 0. The average molecular weight is 483 g/mol. The first kappa shape index (κ1) is 21.5. The van der Waals surface area contributed by atoms with Gasteiger partial charge in [-0.2, -0.15) is 0 Å². The van der Waals surface area contributed by atoms with Gasteiger partial charge in [-0.25, -0.2) is 8.42 Å². The molecule has 168 valence electrons. The molecule has 1 saturated heterocycles. The Morgan fingerprint density at radius 2 is 1.73 bits per heavy atom. The summed E-state index contributed by atoms with van der Waals surface area (Å²) in [5, 5.41) is 0.505. The number of hydrogen-bond acceptors (Lipinski definition) is 5. The number of carbonyl (C=O) groups excluding carboxylic acids is 2. The zero-order chi connectivity index (χ0) is 23.4. The van der Waals surface area contributed by atoms with Crippen molar-refractivity contribution in [1.29, 1.82) is 0 Å². The Morgan fingerprint density at radius 1 is 1.00 bits per heavy atom. The largest absolute Gasteiger partial charge is 0.497 e. The highest BCUT2D eigenvalue weighted by Crippen LogP contribution is 2.52. The van der Waals surface area contributed by atoms with Crippen LogP contribution in [-0.4, -0.2) is 33.1 Å². The predicted molar refractivity (Wildman–Crippen MR) is 125 cm³/mol. The molecule has 0 radical (unpaired) electrons. The second kappa shape index (κ2) is 7.60. The number of nitrogens with zero attached hydrogens (tertiary/aromatic N) is 2. The van der Waals surface area contributed by atoms with Gasteiger partial charge >= 0.3 is 0 Å². The summed E-state index contributed by atoms with van der Waals surface area (Å²) in [6, 6.07) is 20.1. The van der Waals surface area contributed by atoms with Crippen molar-refractivity contribution in [3.8, 4) is 5.75 Å². The van der Waals surface area contributed by atoms with Crippen molar-refractivity contribution in [1.82, 2.24) is 0 Å². The SMILES string of the molecule is COc1ccc(N2C(=O)CS(=O)(=O)[C@@]23C(=O)N(Cc2cccc(Cl)c2)c2ccccc23)cc1. The van der Waals surface area contributed by atoms with Crippen molar-refractivity contribution in [3.05, 3.63) is 88.9 Å². The summed E-state index contributed by atoms with van der Waals surface area (Å²) in [4.78, 5) is 27.5. The number of para-hydroxylation sites is 1. The first-order chi connectivity index (χ1) is 15.8. The van der Waals surface area contributed by atoms with E-state index in [0.717, 1.165) is 10.5 Å². The van der Waals surface area contributed by atoms with Crippen LogP contribution in [0.1, 0.15) is 11.1 Å². The van der Waals surface area contributed by atoms with Gasteiger partial charge < -0.3 is 9.64 Å². The van der Waals surface area contributed by atoms with E-state index in [0.29, 0.717) is 22.1 Å². The van der Waals surface area contributed by atoms with Gasteiger partial charge in [0, 0.05) is 16.3 Å². The van der Waals surface area contributed by atoms with Crippen molar-refractivity contribution < 1.29 is 22.7 Å². The van der Waals surface area contributed by atoms with E-state index in [1.54, 1.807) is 66.7 Å². The Hall–Kier alpha value is -3.36. The smallest absolute Gasteiger partial charge is 0.274 e. The molecule has 33 heavy (non-hydrogen) atoms. The minimum Gasteiger partial charge on any atom is -0.497 e. The fourth-order valence-corrected chi connectivity index (χ4v) is 6.84. The van der Waals surface area contributed by atoms with Gasteiger partial charge in [-0.3, -0.25) is 14.5 Å². The highest BCUT2D eigenvalue weighted by molar-refractivity contribution is 7.94. The van der Waals surface area contributed by atoms with Gasteiger partial charge in [0.25, 0.3) is 10.8 Å². The standard InChI is InChI=1S/C24H19ClN2O5S/c1-32-19-11-9-18(10-12-19)27-22(28)15-33(30,31)24(27)20-7-2-3-8-21(20)26(23(24)29)14-16-5-4-6-17(25)13-16/h2-13H,14-15H2,1H3/t24-/m0/s1. The van der Waals surface area contributed by atoms with Crippen molar-refractivity contribution in [2.24, 2.45) is 0 Å². The molecule has 1 spiro atoms. The monoisotopic (exact) mass is 482 g/mol. The Morgan fingerprint density at radius 3 is 2.42 bits per heavy atom. The zero-order valence-corrected chi connectivity index (χ0v) is 19.1. The molecule has 1 atom stereocenters. The first-order valence-corrected chi connectivity index (χ1v) is 12.2. The molecule has 2 aliphatic rings. The van der Waals surface area contributed by atoms with Crippen molar-refractivity contribution in [2.75, 3.05) is 22.7 Å². The van der Waals surface area contributed by atoms with E-state index in [1.807, 2.05) is 6.07 Å². The number of amides is 2. The third-order valence-electron chi connectivity index (χ3n) is 5.98. The van der Waals surface area contributed by atoms with Gasteiger partial charge in [-0.15, -0.1) is 0 Å². The summed E-state index contributed by atoms with van der Waals surface area (Å²) >= 11 is 6.12. The Balaban J connectivity index is 1.71. The molecule has 0 aliphatic carbocycles. The molecular weight excluding hydrogens is 464 g/mol. The zero-order valence-electron chi connectivity index (χ0n) is 17.6. The van der Waals surface area contributed by atoms with Gasteiger partial charge in [0.1, 0.15) is 11.5 Å². The topological polar surface area (TPSA) is 84.0 Å². The summed E-state index contributed by atoms with van der Waals surface area (Å²) in [6.45, 7) is 0.109. The number of benzene rings is 3. The molecule has 0 unspecified atom stereocenters. The van der Waals surface area contributed by atoms with Crippen LogP contribution >= 0.6 is 11.6 Å². The quantitative estimate of drug-likeness (QED) is 0.568. The van der Waals surface area contributed by atoms with Gasteiger partial charge in [-0.1, -0.05) is 41.9 Å². The van der Waals surface area contributed by atoms with Crippen molar-refractivity contribution in [2.45, 2.75) is 11.4 Å². The number of anilines is 2. The fraction of sp³-hybridized carbons (Fsp3) is 0.167. The molecule has 0 aromatic heterocycles. The van der Waals surface area contributed by atoms with E-state index in [-0.39, 0.29) is 12.1 Å². The molecule has 0 saturated carbocycles.